The van der Waals surface area contributed by atoms with E-state index in [2.05, 4.69) is 6.92 Å². The van der Waals surface area contributed by atoms with Gasteiger partial charge in [0, 0.05) is 13.1 Å². The Balaban J connectivity index is 2.59. The highest BCUT2D eigenvalue weighted by Gasteiger charge is 2.37. The number of likely N-dealkylation sites (tertiary alicyclic amines) is 1. The number of esters is 1. The molecule has 2 atom stereocenters. The minimum Gasteiger partial charge on any atom is -0.468 e. The maximum atomic E-state index is 11.7. The lowest BCUT2D eigenvalue weighted by Crippen LogP contribution is -2.42. The van der Waals surface area contributed by atoms with Crippen molar-refractivity contribution in [2.24, 2.45) is 0 Å². The maximum absolute atomic E-state index is 11.7. The van der Waals surface area contributed by atoms with E-state index in [9.17, 15) is 9.90 Å². The molecule has 1 heterocycles. The second-order valence-corrected chi connectivity index (χ2v) is 4.90. The highest BCUT2D eigenvalue weighted by molar-refractivity contribution is 5.75. The number of aliphatic hydroxyl groups is 1. The Kier molecular flexibility index (Phi) is 4.74. The van der Waals surface area contributed by atoms with Crippen LogP contribution in [0.4, 0.5) is 0 Å². The molecule has 1 aliphatic heterocycles. The van der Waals surface area contributed by atoms with Crippen molar-refractivity contribution in [3.05, 3.63) is 0 Å². The van der Waals surface area contributed by atoms with E-state index in [0.717, 1.165) is 32.2 Å². The van der Waals surface area contributed by atoms with Crippen LogP contribution in [0.3, 0.4) is 0 Å². The summed E-state index contributed by atoms with van der Waals surface area (Å²) < 4.78 is 4.83. The summed E-state index contributed by atoms with van der Waals surface area (Å²) in [6, 6.07) is -0.182. The molecular formula is C12H23NO3. The van der Waals surface area contributed by atoms with Crippen LogP contribution in [-0.2, 0) is 9.53 Å². The number of methoxy groups -OCH3 is 1. The Bertz CT molecular complexity index is 240. The molecule has 1 fully saturated rings. The van der Waals surface area contributed by atoms with Crippen LogP contribution in [0.2, 0.25) is 0 Å². The molecule has 4 nitrogen and oxygen atoms in total. The summed E-state index contributed by atoms with van der Waals surface area (Å²) in [6.07, 6.45) is 3.63. The van der Waals surface area contributed by atoms with E-state index in [4.69, 9.17) is 4.74 Å². The zero-order valence-electron chi connectivity index (χ0n) is 10.5. The number of unbranched alkanes of at least 4 members (excludes halogenated alkanes) is 1. The molecule has 0 aromatic rings. The maximum Gasteiger partial charge on any atom is 0.323 e. The third-order valence-electron chi connectivity index (χ3n) is 3.23. The number of nitrogens with zero attached hydrogens (tertiary/aromatic N) is 1. The fraction of sp³-hybridized carbons (Fsp3) is 0.917. The van der Waals surface area contributed by atoms with Gasteiger partial charge < -0.3 is 9.84 Å². The van der Waals surface area contributed by atoms with Gasteiger partial charge in [-0.2, -0.15) is 0 Å². The molecule has 2 unspecified atom stereocenters. The first-order valence-electron chi connectivity index (χ1n) is 6.04. The van der Waals surface area contributed by atoms with Gasteiger partial charge in [0.2, 0.25) is 0 Å². The molecule has 0 aliphatic carbocycles. The minimum absolute atomic E-state index is 0.175. The number of hydrogen-bond acceptors (Lipinski definition) is 4. The molecule has 1 N–H and O–H groups in total. The monoisotopic (exact) mass is 229 g/mol. The summed E-state index contributed by atoms with van der Waals surface area (Å²) in [7, 11) is 1.43. The molecule has 0 amide bonds. The SMILES string of the molecule is CCCCC(C(=O)OC)N1CCC(C)(O)C1. The predicted octanol–water partition coefficient (Wildman–Crippen LogP) is 1.17. The van der Waals surface area contributed by atoms with Gasteiger partial charge in [-0.1, -0.05) is 19.8 Å². The molecule has 1 aliphatic rings. The molecule has 0 bridgehead atoms. The Hall–Kier alpha value is -0.610. The molecule has 94 valence electrons. The third-order valence-corrected chi connectivity index (χ3v) is 3.23. The van der Waals surface area contributed by atoms with Gasteiger partial charge >= 0.3 is 5.97 Å². The van der Waals surface area contributed by atoms with Crippen molar-refractivity contribution in [3.63, 3.8) is 0 Å². The van der Waals surface area contributed by atoms with Crippen molar-refractivity contribution in [1.82, 2.24) is 4.90 Å². The Morgan fingerprint density at radius 1 is 1.62 bits per heavy atom. The fourth-order valence-corrected chi connectivity index (χ4v) is 2.23. The lowest BCUT2D eigenvalue weighted by Gasteiger charge is -2.26. The van der Waals surface area contributed by atoms with E-state index < -0.39 is 5.60 Å². The quantitative estimate of drug-likeness (QED) is 0.719. The van der Waals surface area contributed by atoms with Crippen LogP contribution in [-0.4, -0.2) is 47.8 Å². The molecule has 0 aromatic heterocycles. The highest BCUT2D eigenvalue weighted by Crippen LogP contribution is 2.24. The normalized spacial score (nSPS) is 28.0. The topological polar surface area (TPSA) is 49.8 Å². The molecule has 1 saturated heterocycles. The Morgan fingerprint density at radius 2 is 2.31 bits per heavy atom. The van der Waals surface area contributed by atoms with E-state index >= 15 is 0 Å². The second kappa shape index (κ2) is 5.64. The number of ether oxygens (including phenoxy) is 1. The van der Waals surface area contributed by atoms with Crippen LogP contribution in [0.5, 0.6) is 0 Å². The number of β-amino-alcohol motifs (C(OH)–C–C–N with tert-alkyl or cyclic N) is 1. The van der Waals surface area contributed by atoms with Gasteiger partial charge in [0.25, 0.3) is 0 Å². The van der Waals surface area contributed by atoms with E-state index in [-0.39, 0.29) is 12.0 Å². The summed E-state index contributed by atoms with van der Waals surface area (Å²) in [5.74, 6) is -0.175. The van der Waals surface area contributed by atoms with E-state index in [0.29, 0.717) is 6.54 Å². The number of hydrogen-bond donors (Lipinski definition) is 1. The summed E-state index contributed by atoms with van der Waals surface area (Å²) in [5, 5.41) is 9.90. The van der Waals surface area contributed by atoms with E-state index in [1.807, 2.05) is 11.8 Å². The summed E-state index contributed by atoms with van der Waals surface area (Å²) in [4.78, 5) is 13.7. The molecule has 1 rings (SSSR count). The number of carbonyl (C=O) groups is 1. The van der Waals surface area contributed by atoms with E-state index in [1.165, 1.54) is 7.11 Å². The van der Waals surface area contributed by atoms with Gasteiger partial charge in [0.1, 0.15) is 6.04 Å². The van der Waals surface area contributed by atoms with Gasteiger partial charge in [-0.15, -0.1) is 0 Å². The van der Waals surface area contributed by atoms with Gasteiger partial charge in [-0.3, -0.25) is 9.69 Å². The van der Waals surface area contributed by atoms with Crippen molar-refractivity contribution in [2.45, 2.75) is 51.2 Å². The molecule has 0 aromatic carbocycles. The Morgan fingerprint density at radius 3 is 2.75 bits per heavy atom. The lowest BCUT2D eigenvalue weighted by atomic mass is 10.1. The molecule has 0 radical (unpaired) electrons. The van der Waals surface area contributed by atoms with Crippen molar-refractivity contribution in [3.8, 4) is 0 Å². The second-order valence-electron chi connectivity index (χ2n) is 4.90. The lowest BCUT2D eigenvalue weighted by molar-refractivity contribution is -0.147. The van der Waals surface area contributed by atoms with Crippen molar-refractivity contribution < 1.29 is 14.6 Å². The summed E-state index contributed by atoms with van der Waals surface area (Å²) >= 11 is 0. The smallest absolute Gasteiger partial charge is 0.323 e. The summed E-state index contributed by atoms with van der Waals surface area (Å²) in [5.41, 5.74) is -0.654. The average molecular weight is 229 g/mol. The molecule has 0 saturated carbocycles. The van der Waals surface area contributed by atoms with Crippen LogP contribution in [0.1, 0.15) is 39.5 Å². The van der Waals surface area contributed by atoms with Crippen LogP contribution in [0, 0.1) is 0 Å². The van der Waals surface area contributed by atoms with Crippen LogP contribution >= 0.6 is 0 Å². The van der Waals surface area contributed by atoms with Gasteiger partial charge in [0.15, 0.2) is 0 Å². The first kappa shape index (κ1) is 13.5. The molecular weight excluding hydrogens is 206 g/mol. The largest absolute Gasteiger partial charge is 0.468 e. The summed E-state index contributed by atoms with van der Waals surface area (Å²) in [6.45, 7) is 5.27. The molecule has 16 heavy (non-hydrogen) atoms. The number of carbonyl (C=O) groups excluding carboxylic acids is 1. The zero-order valence-corrected chi connectivity index (χ0v) is 10.5. The first-order chi connectivity index (χ1) is 7.50. The van der Waals surface area contributed by atoms with Crippen molar-refractivity contribution >= 4 is 5.97 Å². The van der Waals surface area contributed by atoms with Gasteiger partial charge in [-0.25, -0.2) is 0 Å². The first-order valence-corrected chi connectivity index (χ1v) is 6.04. The highest BCUT2D eigenvalue weighted by atomic mass is 16.5. The van der Waals surface area contributed by atoms with Crippen molar-refractivity contribution in [2.75, 3.05) is 20.2 Å². The van der Waals surface area contributed by atoms with Gasteiger partial charge in [0.05, 0.1) is 12.7 Å². The molecule has 4 heteroatoms. The predicted molar refractivity (Wildman–Crippen MR) is 62.1 cm³/mol. The van der Waals surface area contributed by atoms with Crippen molar-refractivity contribution in [1.29, 1.82) is 0 Å². The zero-order chi connectivity index (χ0) is 12.2. The van der Waals surface area contributed by atoms with Crippen LogP contribution < -0.4 is 0 Å². The van der Waals surface area contributed by atoms with Crippen LogP contribution in [0.25, 0.3) is 0 Å². The van der Waals surface area contributed by atoms with Crippen LogP contribution in [0.15, 0.2) is 0 Å². The van der Waals surface area contributed by atoms with E-state index in [1.54, 1.807) is 0 Å². The fourth-order valence-electron chi connectivity index (χ4n) is 2.23. The average Bonchev–Trinajstić information content (AvgIpc) is 2.59. The third kappa shape index (κ3) is 3.46. The minimum atomic E-state index is -0.654. The number of rotatable bonds is 5. The molecule has 0 spiro atoms. The Labute approximate surface area is 97.6 Å². The van der Waals surface area contributed by atoms with Gasteiger partial charge in [-0.05, 0) is 19.8 Å². The standard InChI is InChI=1S/C12H23NO3/c1-4-5-6-10(11(14)16-3)13-8-7-12(2,15)9-13/h10,15H,4-9H2,1-3H3.